The van der Waals surface area contributed by atoms with Crippen LogP contribution in [0.1, 0.15) is 11.4 Å². The number of rotatable bonds is 8. The number of benzene rings is 1. The first-order valence-electron chi connectivity index (χ1n) is 8.94. The van der Waals surface area contributed by atoms with Gasteiger partial charge in [-0.3, -0.25) is 19.8 Å². The number of nitro benzene ring substituents is 1. The lowest BCUT2D eigenvalue weighted by atomic mass is 10.1. The Kier molecular flexibility index (Phi) is 6.91. The van der Waals surface area contributed by atoms with Crippen LogP contribution in [0.5, 0.6) is 0 Å². The molecule has 0 fully saturated rings. The van der Waals surface area contributed by atoms with Gasteiger partial charge >= 0.3 is 0 Å². The Hall–Kier alpha value is -3.11. The maximum atomic E-state index is 12.8. The minimum absolute atomic E-state index is 0.0169. The van der Waals surface area contributed by atoms with Crippen LogP contribution in [0.4, 0.5) is 10.8 Å². The van der Waals surface area contributed by atoms with Crippen LogP contribution >= 0.6 is 23.1 Å². The van der Waals surface area contributed by atoms with Gasteiger partial charge in [-0.1, -0.05) is 17.8 Å². The summed E-state index contributed by atoms with van der Waals surface area (Å²) in [6, 6.07) is 8.03. The quantitative estimate of drug-likeness (QED) is 0.167. The van der Waals surface area contributed by atoms with Crippen molar-refractivity contribution in [3.8, 4) is 11.3 Å². The van der Waals surface area contributed by atoms with E-state index in [-0.39, 0.29) is 17.3 Å². The fraction of sp³-hybridized carbons (Fsp3) is 0.200. The summed E-state index contributed by atoms with van der Waals surface area (Å²) in [5.74, 6) is 0.0377. The van der Waals surface area contributed by atoms with Crippen LogP contribution in [-0.2, 0) is 4.79 Å². The molecule has 10 heteroatoms. The Labute approximate surface area is 181 Å². The zero-order valence-corrected chi connectivity index (χ0v) is 18.1. The Balaban J connectivity index is 1.74. The minimum atomic E-state index is -0.447. The van der Waals surface area contributed by atoms with Gasteiger partial charge in [-0.05, 0) is 32.0 Å². The van der Waals surface area contributed by atoms with Crippen molar-refractivity contribution in [3.63, 3.8) is 0 Å². The molecule has 154 valence electrons. The van der Waals surface area contributed by atoms with Crippen molar-refractivity contribution < 1.29 is 9.72 Å². The summed E-state index contributed by atoms with van der Waals surface area (Å²) in [6.45, 7) is 7.83. The predicted octanol–water partition coefficient (Wildman–Crippen LogP) is 4.44. The molecule has 1 aromatic carbocycles. The summed E-state index contributed by atoms with van der Waals surface area (Å²) in [4.78, 5) is 38.0. The first-order chi connectivity index (χ1) is 14.4. The molecule has 3 aromatic rings. The van der Waals surface area contributed by atoms with E-state index in [1.54, 1.807) is 23.1 Å². The van der Waals surface area contributed by atoms with Crippen molar-refractivity contribution in [1.82, 2.24) is 15.0 Å². The average Bonchev–Trinajstić information content (AvgIpc) is 3.19. The molecule has 3 rings (SSSR count). The van der Waals surface area contributed by atoms with Crippen LogP contribution in [0.2, 0.25) is 0 Å². The van der Waals surface area contributed by atoms with E-state index in [0.717, 1.165) is 17.0 Å². The van der Waals surface area contributed by atoms with E-state index in [4.69, 9.17) is 0 Å². The molecule has 0 bridgehead atoms. The van der Waals surface area contributed by atoms with E-state index in [0.29, 0.717) is 22.5 Å². The number of non-ortho nitro benzene ring substituents is 1. The van der Waals surface area contributed by atoms with Crippen molar-refractivity contribution >= 4 is 39.8 Å². The third-order valence-corrected chi connectivity index (χ3v) is 5.69. The zero-order valence-electron chi connectivity index (χ0n) is 16.4. The maximum absolute atomic E-state index is 12.8. The van der Waals surface area contributed by atoms with Crippen molar-refractivity contribution in [3.05, 3.63) is 69.9 Å². The highest BCUT2D eigenvalue weighted by atomic mass is 32.2. The predicted molar refractivity (Wildman–Crippen MR) is 119 cm³/mol. The van der Waals surface area contributed by atoms with Gasteiger partial charge in [0.25, 0.3) is 5.69 Å². The molecule has 0 aliphatic rings. The Bertz CT molecular complexity index is 1060. The summed E-state index contributed by atoms with van der Waals surface area (Å²) in [7, 11) is 0. The Morgan fingerprint density at radius 2 is 1.90 bits per heavy atom. The summed E-state index contributed by atoms with van der Waals surface area (Å²) in [6.07, 6.45) is 1.64. The second-order valence-corrected chi connectivity index (χ2v) is 8.11. The van der Waals surface area contributed by atoms with E-state index >= 15 is 0 Å². The number of hydrogen-bond donors (Lipinski definition) is 0. The molecule has 2 heterocycles. The molecule has 1 amide bonds. The van der Waals surface area contributed by atoms with E-state index < -0.39 is 4.92 Å². The van der Waals surface area contributed by atoms with Crippen LogP contribution in [-0.4, -0.2) is 38.1 Å². The summed E-state index contributed by atoms with van der Waals surface area (Å²) < 4.78 is 0. The van der Waals surface area contributed by atoms with Crippen LogP contribution < -0.4 is 4.90 Å². The average molecular weight is 442 g/mol. The molecule has 8 nitrogen and oxygen atoms in total. The van der Waals surface area contributed by atoms with Crippen molar-refractivity contribution in [1.29, 1.82) is 0 Å². The van der Waals surface area contributed by atoms with Gasteiger partial charge in [0, 0.05) is 41.0 Å². The van der Waals surface area contributed by atoms with Crippen molar-refractivity contribution in [2.24, 2.45) is 0 Å². The molecule has 0 spiro atoms. The van der Waals surface area contributed by atoms with Crippen LogP contribution in [0.25, 0.3) is 11.3 Å². The molecule has 2 aromatic heterocycles. The zero-order chi connectivity index (χ0) is 21.7. The van der Waals surface area contributed by atoms with Gasteiger partial charge in [0.05, 0.1) is 16.4 Å². The molecular formula is C20H19N5O3S2. The molecule has 0 aliphatic carbocycles. The summed E-state index contributed by atoms with van der Waals surface area (Å²) >= 11 is 2.61. The number of thioether (sulfide) groups is 1. The first kappa shape index (κ1) is 21.6. The number of aromatic nitrogens is 3. The minimum Gasteiger partial charge on any atom is -0.284 e. The van der Waals surface area contributed by atoms with Gasteiger partial charge in [-0.25, -0.2) is 15.0 Å². The van der Waals surface area contributed by atoms with Crippen LogP contribution in [0, 0.1) is 24.0 Å². The molecule has 0 radical (unpaired) electrons. The summed E-state index contributed by atoms with van der Waals surface area (Å²) in [5, 5.41) is 13.7. The number of nitro groups is 1. The van der Waals surface area contributed by atoms with E-state index in [1.807, 2.05) is 25.3 Å². The van der Waals surface area contributed by atoms with Gasteiger partial charge < -0.3 is 0 Å². The number of aryl methyl sites for hydroxylation is 2. The monoisotopic (exact) mass is 441 g/mol. The second-order valence-electron chi connectivity index (χ2n) is 6.33. The van der Waals surface area contributed by atoms with Crippen LogP contribution in [0.15, 0.2) is 53.5 Å². The molecular weight excluding hydrogens is 422 g/mol. The standard InChI is InChI=1S/C20H19N5O3S2/c1-4-9-24(18(26)12-29-19-21-13(2)10-14(3)22-19)20-23-17(11-30-20)15-5-7-16(8-6-15)25(27)28/h4-8,10-11H,1,9,12H2,2-3H3. The lowest BCUT2D eigenvalue weighted by molar-refractivity contribution is -0.384. The molecule has 0 atom stereocenters. The highest BCUT2D eigenvalue weighted by Gasteiger charge is 2.19. The van der Waals surface area contributed by atoms with Gasteiger partial charge in [-0.15, -0.1) is 17.9 Å². The number of thiazole rings is 1. The maximum Gasteiger partial charge on any atom is 0.269 e. The smallest absolute Gasteiger partial charge is 0.269 e. The number of anilines is 1. The normalized spacial score (nSPS) is 10.6. The van der Waals surface area contributed by atoms with Crippen LogP contribution in [0.3, 0.4) is 0 Å². The fourth-order valence-corrected chi connectivity index (χ4v) is 4.34. The number of carbonyl (C=O) groups is 1. The van der Waals surface area contributed by atoms with Gasteiger partial charge in [-0.2, -0.15) is 0 Å². The van der Waals surface area contributed by atoms with Crippen molar-refractivity contribution in [2.75, 3.05) is 17.2 Å². The van der Waals surface area contributed by atoms with Crippen molar-refractivity contribution in [2.45, 2.75) is 19.0 Å². The SMILES string of the molecule is C=CCN(C(=O)CSc1nc(C)cc(C)n1)c1nc(-c2ccc([N+](=O)[O-])cc2)cs1. The number of hydrogen-bond acceptors (Lipinski definition) is 8. The van der Waals surface area contributed by atoms with E-state index in [2.05, 4.69) is 21.5 Å². The molecule has 0 saturated carbocycles. The highest BCUT2D eigenvalue weighted by molar-refractivity contribution is 7.99. The fourth-order valence-electron chi connectivity index (χ4n) is 2.65. The highest BCUT2D eigenvalue weighted by Crippen LogP contribution is 2.29. The van der Waals surface area contributed by atoms with E-state index in [9.17, 15) is 14.9 Å². The van der Waals surface area contributed by atoms with Gasteiger partial charge in [0.2, 0.25) is 5.91 Å². The summed E-state index contributed by atoms with van der Waals surface area (Å²) in [5.41, 5.74) is 3.12. The number of nitrogens with zero attached hydrogens (tertiary/aromatic N) is 5. The molecule has 0 N–H and O–H groups in total. The number of amides is 1. The lowest BCUT2D eigenvalue weighted by Gasteiger charge is -2.17. The Morgan fingerprint density at radius 1 is 1.23 bits per heavy atom. The van der Waals surface area contributed by atoms with Gasteiger partial charge in [0.15, 0.2) is 10.3 Å². The topological polar surface area (TPSA) is 102 Å². The molecule has 0 saturated heterocycles. The molecule has 0 unspecified atom stereocenters. The molecule has 0 aliphatic heterocycles. The van der Waals surface area contributed by atoms with E-state index in [1.165, 1.54) is 35.2 Å². The largest absolute Gasteiger partial charge is 0.284 e. The third-order valence-electron chi connectivity index (χ3n) is 4.00. The molecule has 30 heavy (non-hydrogen) atoms. The number of carbonyl (C=O) groups excluding carboxylic acids is 1. The second kappa shape index (κ2) is 9.59. The Morgan fingerprint density at radius 3 is 2.50 bits per heavy atom. The first-order valence-corrected chi connectivity index (χ1v) is 10.8. The lowest BCUT2D eigenvalue weighted by Crippen LogP contribution is -2.32. The third kappa shape index (κ3) is 5.28. The van der Waals surface area contributed by atoms with Gasteiger partial charge in [0.1, 0.15) is 0 Å².